The van der Waals surface area contributed by atoms with Crippen molar-refractivity contribution in [1.29, 1.82) is 0 Å². The molecule has 0 unspecified atom stereocenters. The van der Waals surface area contributed by atoms with Crippen LogP contribution in [0, 0.1) is 3.57 Å². The van der Waals surface area contributed by atoms with E-state index in [0.717, 1.165) is 28.4 Å². The Morgan fingerprint density at radius 3 is 2.63 bits per heavy atom. The standard InChI is InChI=1S/C14H20INO3/c1-3-4-9-12(19-14(16)17)13(18-2)10-7-5-6-8-11(10)15/h5-8,12-13H,3-4,9H2,1-2H3,(H2,16,17)/t12-,13-/m0/s1. The number of methoxy groups -OCH3 is 1. The van der Waals surface area contributed by atoms with Crippen LogP contribution in [0.4, 0.5) is 4.79 Å². The number of hydrogen-bond acceptors (Lipinski definition) is 3. The van der Waals surface area contributed by atoms with Crippen LogP contribution in [0.5, 0.6) is 0 Å². The average molecular weight is 377 g/mol. The maximum absolute atomic E-state index is 11.1. The summed E-state index contributed by atoms with van der Waals surface area (Å²) < 4.78 is 11.8. The number of benzene rings is 1. The van der Waals surface area contributed by atoms with Gasteiger partial charge in [-0.3, -0.25) is 0 Å². The summed E-state index contributed by atoms with van der Waals surface area (Å²) in [5, 5.41) is 0. The molecule has 106 valence electrons. The number of carbonyl (C=O) groups excluding carboxylic acids is 1. The highest BCUT2D eigenvalue weighted by atomic mass is 127. The van der Waals surface area contributed by atoms with Gasteiger partial charge in [0.05, 0.1) is 0 Å². The van der Waals surface area contributed by atoms with E-state index >= 15 is 0 Å². The van der Waals surface area contributed by atoms with Gasteiger partial charge in [0.25, 0.3) is 0 Å². The predicted molar refractivity (Wildman–Crippen MR) is 82.9 cm³/mol. The fraction of sp³-hybridized carbons (Fsp3) is 0.500. The highest BCUT2D eigenvalue weighted by Crippen LogP contribution is 2.29. The van der Waals surface area contributed by atoms with Crippen LogP contribution < -0.4 is 5.73 Å². The van der Waals surface area contributed by atoms with Gasteiger partial charge in [0.2, 0.25) is 0 Å². The van der Waals surface area contributed by atoms with E-state index < -0.39 is 6.09 Å². The van der Waals surface area contributed by atoms with E-state index in [9.17, 15) is 4.79 Å². The highest BCUT2D eigenvalue weighted by Gasteiger charge is 2.27. The van der Waals surface area contributed by atoms with Gasteiger partial charge < -0.3 is 15.2 Å². The second kappa shape index (κ2) is 8.37. The monoisotopic (exact) mass is 377 g/mol. The van der Waals surface area contributed by atoms with E-state index in [1.807, 2.05) is 24.3 Å². The lowest BCUT2D eigenvalue weighted by molar-refractivity contribution is -0.0261. The fourth-order valence-corrected chi connectivity index (χ4v) is 2.71. The highest BCUT2D eigenvalue weighted by molar-refractivity contribution is 14.1. The lowest BCUT2D eigenvalue weighted by Crippen LogP contribution is -2.30. The molecule has 0 aliphatic carbocycles. The van der Waals surface area contributed by atoms with Gasteiger partial charge in [0.1, 0.15) is 12.2 Å². The summed E-state index contributed by atoms with van der Waals surface area (Å²) in [6, 6.07) is 7.90. The third-order valence-corrected chi connectivity index (χ3v) is 3.90. The van der Waals surface area contributed by atoms with Crippen molar-refractivity contribution in [2.75, 3.05) is 7.11 Å². The molecular weight excluding hydrogens is 357 g/mol. The number of amides is 1. The largest absolute Gasteiger partial charge is 0.443 e. The number of primary amides is 1. The van der Waals surface area contributed by atoms with Crippen LogP contribution in [0.2, 0.25) is 0 Å². The van der Waals surface area contributed by atoms with Crippen LogP contribution >= 0.6 is 22.6 Å². The Morgan fingerprint density at radius 1 is 1.42 bits per heavy atom. The van der Waals surface area contributed by atoms with E-state index in [1.165, 1.54) is 0 Å². The van der Waals surface area contributed by atoms with Gasteiger partial charge in [-0.15, -0.1) is 0 Å². The van der Waals surface area contributed by atoms with E-state index in [4.69, 9.17) is 15.2 Å². The maximum atomic E-state index is 11.1. The normalized spacial score (nSPS) is 13.8. The van der Waals surface area contributed by atoms with Crippen LogP contribution in [0.1, 0.15) is 37.9 Å². The van der Waals surface area contributed by atoms with Crippen molar-refractivity contribution < 1.29 is 14.3 Å². The topological polar surface area (TPSA) is 61.5 Å². The van der Waals surface area contributed by atoms with Gasteiger partial charge in [-0.1, -0.05) is 31.5 Å². The zero-order valence-electron chi connectivity index (χ0n) is 11.3. The molecular formula is C14H20INO3. The Hall–Kier alpha value is -0.820. The van der Waals surface area contributed by atoms with Gasteiger partial charge >= 0.3 is 6.09 Å². The molecule has 1 aromatic carbocycles. The molecule has 2 N–H and O–H groups in total. The molecule has 0 radical (unpaired) electrons. The summed E-state index contributed by atoms with van der Waals surface area (Å²) in [6.07, 6.45) is 1.34. The Balaban J connectivity index is 2.94. The predicted octanol–water partition coefficient (Wildman–Crippen LogP) is 3.63. The third kappa shape index (κ3) is 4.99. The van der Waals surface area contributed by atoms with E-state index in [1.54, 1.807) is 7.11 Å². The summed E-state index contributed by atoms with van der Waals surface area (Å²) in [7, 11) is 1.62. The SMILES string of the molecule is CCCC[C@H](OC(N)=O)[C@@H](OC)c1ccccc1I. The van der Waals surface area contributed by atoms with Gasteiger partial charge in [-0.2, -0.15) is 0 Å². The Morgan fingerprint density at radius 2 is 2.11 bits per heavy atom. The summed E-state index contributed by atoms with van der Waals surface area (Å²) >= 11 is 2.25. The van der Waals surface area contributed by atoms with Crippen molar-refractivity contribution in [1.82, 2.24) is 0 Å². The first-order valence-corrected chi connectivity index (χ1v) is 7.41. The first kappa shape index (κ1) is 16.2. The molecule has 4 nitrogen and oxygen atoms in total. The molecule has 1 aromatic rings. The molecule has 19 heavy (non-hydrogen) atoms. The molecule has 2 atom stereocenters. The quantitative estimate of drug-likeness (QED) is 0.739. The molecule has 0 aromatic heterocycles. The fourth-order valence-electron chi connectivity index (χ4n) is 2.01. The summed E-state index contributed by atoms with van der Waals surface area (Å²) in [6.45, 7) is 2.09. The molecule has 0 aliphatic heterocycles. The minimum Gasteiger partial charge on any atom is -0.443 e. The van der Waals surface area contributed by atoms with Crippen LogP contribution in [-0.2, 0) is 9.47 Å². The average Bonchev–Trinajstić information content (AvgIpc) is 2.38. The smallest absolute Gasteiger partial charge is 0.404 e. The van der Waals surface area contributed by atoms with Crippen LogP contribution in [0.25, 0.3) is 0 Å². The molecule has 5 heteroatoms. The molecule has 0 saturated carbocycles. The third-order valence-electron chi connectivity index (χ3n) is 2.91. The molecule has 1 amide bonds. The van der Waals surface area contributed by atoms with Gasteiger partial charge in [0.15, 0.2) is 0 Å². The van der Waals surface area contributed by atoms with Crippen molar-refractivity contribution in [3.05, 3.63) is 33.4 Å². The molecule has 0 heterocycles. The molecule has 0 saturated heterocycles. The van der Waals surface area contributed by atoms with Crippen LogP contribution in [0.3, 0.4) is 0 Å². The van der Waals surface area contributed by atoms with E-state index in [0.29, 0.717) is 0 Å². The minimum absolute atomic E-state index is 0.285. The lowest BCUT2D eigenvalue weighted by atomic mass is 10.00. The van der Waals surface area contributed by atoms with Crippen LogP contribution in [0.15, 0.2) is 24.3 Å². The zero-order valence-corrected chi connectivity index (χ0v) is 13.4. The minimum atomic E-state index is -0.755. The number of ether oxygens (including phenoxy) is 2. The van der Waals surface area contributed by atoms with Crippen molar-refractivity contribution in [2.24, 2.45) is 5.73 Å². The van der Waals surface area contributed by atoms with E-state index in [2.05, 4.69) is 29.5 Å². The molecule has 0 fully saturated rings. The van der Waals surface area contributed by atoms with Gasteiger partial charge in [-0.25, -0.2) is 4.79 Å². The van der Waals surface area contributed by atoms with Gasteiger partial charge in [0, 0.05) is 10.7 Å². The summed E-state index contributed by atoms with van der Waals surface area (Å²) in [4.78, 5) is 11.1. The van der Waals surface area contributed by atoms with Crippen molar-refractivity contribution in [3.8, 4) is 0 Å². The number of halogens is 1. The summed E-state index contributed by atoms with van der Waals surface area (Å²) in [5.74, 6) is 0. The van der Waals surface area contributed by atoms with Crippen LogP contribution in [-0.4, -0.2) is 19.3 Å². The second-order valence-electron chi connectivity index (χ2n) is 4.30. The first-order chi connectivity index (χ1) is 9.10. The molecule has 1 rings (SSSR count). The first-order valence-electron chi connectivity index (χ1n) is 6.33. The zero-order chi connectivity index (χ0) is 14.3. The molecule has 0 spiro atoms. The number of nitrogens with two attached hydrogens (primary N) is 1. The van der Waals surface area contributed by atoms with Crippen molar-refractivity contribution in [3.63, 3.8) is 0 Å². The van der Waals surface area contributed by atoms with E-state index in [-0.39, 0.29) is 12.2 Å². The second-order valence-corrected chi connectivity index (χ2v) is 5.46. The number of carbonyl (C=O) groups is 1. The lowest BCUT2D eigenvalue weighted by Gasteiger charge is -2.26. The van der Waals surface area contributed by atoms with Crippen molar-refractivity contribution >= 4 is 28.7 Å². The maximum Gasteiger partial charge on any atom is 0.404 e. The van der Waals surface area contributed by atoms with Gasteiger partial charge in [-0.05, 0) is 47.1 Å². The van der Waals surface area contributed by atoms with Crippen molar-refractivity contribution in [2.45, 2.75) is 38.4 Å². The Bertz CT molecular complexity index is 411. The Labute approximate surface area is 127 Å². The number of rotatable bonds is 7. The molecule has 0 bridgehead atoms. The number of hydrogen-bond donors (Lipinski definition) is 1. The Kier molecular flexibility index (Phi) is 7.15. The molecule has 0 aliphatic rings. The summed E-state index contributed by atoms with van der Waals surface area (Å²) in [5.41, 5.74) is 6.18. The number of unbranched alkanes of at least 4 members (excludes halogenated alkanes) is 1.